The van der Waals surface area contributed by atoms with E-state index in [2.05, 4.69) is 5.32 Å². The number of hydrogen-bond acceptors (Lipinski definition) is 4. The summed E-state index contributed by atoms with van der Waals surface area (Å²) in [5.41, 5.74) is 1.16. The van der Waals surface area contributed by atoms with Gasteiger partial charge in [-0.3, -0.25) is 4.90 Å². The standard InChI is InChI=1S/C12H18N2O2S.2ClH/c1-17(15,16)12-9-13-7-8-14(12)10-11-5-3-2-4-6-11;;/h2-6,12-13H,7-10H2,1H3;2*1H. The van der Waals surface area contributed by atoms with E-state index in [4.69, 9.17) is 0 Å². The minimum absolute atomic E-state index is 0. The molecule has 1 heterocycles. The summed E-state index contributed by atoms with van der Waals surface area (Å²) in [6, 6.07) is 9.98. The Labute approximate surface area is 127 Å². The molecule has 0 spiro atoms. The Morgan fingerprint density at radius 1 is 1.26 bits per heavy atom. The highest BCUT2D eigenvalue weighted by atomic mass is 35.5. The Kier molecular flexibility index (Phi) is 7.93. The number of halogens is 2. The van der Waals surface area contributed by atoms with Gasteiger partial charge in [0.05, 0.1) is 0 Å². The maximum Gasteiger partial charge on any atom is 0.164 e. The molecule has 1 aliphatic rings. The lowest BCUT2D eigenvalue weighted by molar-refractivity contribution is 0.203. The lowest BCUT2D eigenvalue weighted by atomic mass is 10.2. The van der Waals surface area contributed by atoms with Gasteiger partial charge in [0.2, 0.25) is 0 Å². The number of nitrogens with zero attached hydrogens (tertiary/aromatic N) is 1. The molecule has 0 radical (unpaired) electrons. The zero-order chi connectivity index (χ0) is 12.3. The Morgan fingerprint density at radius 3 is 2.47 bits per heavy atom. The first-order valence-electron chi connectivity index (χ1n) is 5.75. The van der Waals surface area contributed by atoms with Crippen molar-refractivity contribution < 1.29 is 8.42 Å². The largest absolute Gasteiger partial charge is 0.313 e. The summed E-state index contributed by atoms with van der Waals surface area (Å²) >= 11 is 0. The van der Waals surface area contributed by atoms with Gasteiger partial charge >= 0.3 is 0 Å². The van der Waals surface area contributed by atoms with Crippen molar-refractivity contribution in [2.24, 2.45) is 0 Å². The average molecular weight is 327 g/mol. The van der Waals surface area contributed by atoms with Gasteiger partial charge in [-0.05, 0) is 5.56 Å². The number of rotatable bonds is 3. The van der Waals surface area contributed by atoms with E-state index >= 15 is 0 Å². The average Bonchev–Trinajstić information content (AvgIpc) is 2.30. The molecular weight excluding hydrogens is 307 g/mol. The summed E-state index contributed by atoms with van der Waals surface area (Å²) in [5.74, 6) is 0. The molecule has 0 aliphatic carbocycles. The van der Waals surface area contributed by atoms with Crippen LogP contribution in [0, 0.1) is 0 Å². The molecule has 1 atom stereocenters. The molecular formula is C12H20Cl2N2O2S. The number of benzene rings is 1. The van der Waals surface area contributed by atoms with E-state index in [1.165, 1.54) is 6.26 Å². The maximum atomic E-state index is 11.7. The van der Waals surface area contributed by atoms with Crippen LogP contribution in [-0.4, -0.2) is 44.6 Å². The predicted octanol–water partition coefficient (Wildman–Crippen LogP) is 1.31. The first-order valence-corrected chi connectivity index (χ1v) is 7.70. The highest BCUT2D eigenvalue weighted by Gasteiger charge is 2.30. The third-order valence-electron chi connectivity index (χ3n) is 3.02. The summed E-state index contributed by atoms with van der Waals surface area (Å²) in [6.45, 7) is 2.83. The normalized spacial score (nSPS) is 20.2. The van der Waals surface area contributed by atoms with Crippen molar-refractivity contribution in [2.75, 3.05) is 25.9 Å². The number of hydrogen-bond donors (Lipinski definition) is 1. The van der Waals surface area contributed by atoms with Crippen LogP contribution < -0.4 is 5.32 Å². The Bertz CT molecular complexity index is 468. The van der Waals surface area contributed by atoms with Crippen LogP contribution in [0.25, 0.3) is 0 Å². The van der Waals surface area contributed by atoms with E-state index in [9.17, 15) is 8.42 Å². The molecule has 0 aromatic heterocycles. The Hall–Kier alpha value is -0.330. The fourth-order valence-electron chi connectivity index (χ4n) is 2.14. The van der Waals surface area contributed by atoms with Crippen LogP contribution in [0.5, 0.6) is 0 Å². The Balaban J connectivity index is 0.00000162. The molecule has 1 aromatic rings. The van der Waals surface area contributed by atoms with Gasteiger partial charge in [-0.1, -0.05) is 30.3 Å². The lowest BCUT2D eigenvalue weighted by Gasteiger charge is -2.34. The monoisotopic (exact) mass is 326 g/mol. The van der Waals surface area contributed by atoms with Crippen LogP contribution in [0.4, 0.5) is 0 Å². The van der Waals surface area contributed by atoms with Crippen LogP contribution in [0.1, 0.15) is 5.56 Å². The van der Waals surface area contributed by atoms with Crippen molar-refractivity contribution in [1.29, 1.82) is 0 Å². The van der Waals surface area contributed by atoms with Crippen molar-refractivity contribution in [3.05, 3.63) is 35.9 Å². The summed E-state index contributed by atoms with van der Waals surface area (Å²) in [4.78, 5) is 2.03. The third kappa shape index (κ3) is 5.28. The van der Waals surface area contributed by atoms with Crippen molar-refractivity contribution in [1.82, 2.24) is 10.2 Å². The second-order valence-corrected chi connectivity index (χ2v) is 6.65. The smallest absolute Gasteiger partial charge is 0.164 e. The molecule has 1 saturated heterocycles. The van der Waals surface area contributed by atoms with Crippen LogP contribution in [0.15, 0.2) is 30.3 Å². The molecule has 2 rings (SSSR count). The van der Waals surface area contributed by atoms with E-state index in [0.29, 0.717) is 13.1 Å². The van der Waals surface area contributed by atoms with Crippen LogP contribution in [0.2, 0.25) is 0 Å². The zero-order valence-electron chi connectivity index (χ0n) is 10.8. The molecule has 110 valence electrons. The van der Waals surface area contributed by atoms with Gasteiger partial charge in [0.1, 0.15) is 5.37 Å². The molecule has 19 heavy (non-hydrogen) atoms. The molecule has 0 amide bonds. The minimum atomic E-state index is -3.03. The van der Waals surface area contributed by atoms with Crippen molar-refractivity contribution in [3.63, 3.8) is 0 Å². The SMILES string of the molecule is CS(=O)(=O)C1CNCCN1Cc1ccccc1.Cl.Cl. The molecule has 7 heteroatoms. The first-order chi connectivity index (χ1) is 8.07. The second kappa shape index (κ2) is 8.07. The highest BCUT2D eigenvalue weighted by Crippen LogP contribution is 2.13. The fraction of sp³-hybridized carbons (Fsp3) is 0.500. The number of nitrogens with one attached hydrogen (secondary N) is 1. The van der Waals surface area contributed by atoms with Gasteiger partial charge in [-0.2, -0.15) is 0 Å². The van der Waals surface area contributed by atoms with Gasteiger partial charge in [0, 0.05) is 32.4 Å². The van der Waals surface area contributed by atoms with E-state index in [-0.39, 0.29) is 24.8 Å². The van der Waals surface area contributed by atoms with Crippen LogP contribution in [-0.2, 0) is 16.4 Å². The molecule has 0 bridgehead atoms. The quantitative estimate of drug-likeness (QED) is 0.909. The maximum absolute atomic E-state index is 11.7. The summed E-state index contributed by atoms with van der Waals surface area (Å²) < 4.78 is 23.4. The lowest BCUT2D eigenvalue weighted by Crippen LogP contribution is -2.53. The predicted molar refractivity (Wildman–Crippen MR) is 82.8 cm³/mol. The molecule has 1 N–H and O–H groups in total. The molecule has 1 fully saturated rings. The highest BCUT2D eigenvalue weighted by molar-refractivity contribution is 7.91. The van der Waals surface area contributed by atoms with E-state index in [1.54, 1.807) is 0 Å². The summed E-state index contributed by atoms with van der Waals surface area (Å²) in [7, 11) is -3.03. The first kappa shape index (κ1) is 18.7. The molecule has 1 aliphatic heterocycles. The van der Waals surface area contributed by atoms with E-state index < -0.39 is 15.2 Å². The molecule has 0 saturated carbocycles. The topological polar surface area (TPSA) is 49.4 Å². The summed E-state index contributed by atoms with van der Waals surface area (Å²) in [6.07, 6.45) is 1.31. The summed E-state index contributed by atoms with van der Waals surface area (Å²) in [5, 5.41) is 2.73. The van der Waals surface area contributed by atoms with Gasteiger partial charge in [0.15, 0.2) is 9.84 Å². The second-order valence-electron chi connectivity index (χ2n) is 4.44. The zero-order valence-corrected chi connectivity index (χ0v) is 13.2. The van der Waals surface area contributed by atoms with Gasteiger partial charge in [-0.25, -0.2) is 8.42 Å². The Morgan fingerprint density at radius 2 is 1.89 bits per heavy atom. The van der Waals surface area contributed by atoms with Crippen molar-refractivity contribution in [3.8, 4) is 0 Å². The third-order valence-corrected chi connectivity index (χ3v) is 4.48. The van der Waals surface area contributed by atoms with Gasteiger partial charge in [0.25, 0.3) is 0 Å². The van der Waals surface area contributed by atoms with Gasteiger partial charge < -0.3 is 5.32 Å². The molecule has 1 unspecified atom stereocenters. The van der Waals surface area contributed by atoms with Crippen LogP contribution >= 0.6 is 24.8 Å². The minimum Gasteiger partial charge on any atom is -0.313 e. The van der Waals surface area contributed by atoms with E-state index in [1.807, 2.05) is 35.2 Å². The number of sulfone groups is 1. The van der Waals surface area contributed by atoms with Gasteiger partial charge in [-0.15, -0.1) is 24.8 Å². The number of piperazine rings is 1. The van der Waals surface area contributed by atoms with E-state index in [0.717, 1.165) is 18.7 Å². The van der Waals surface area contributed by atoms with Crippen LogP contribution in [0.3, 0.4) is 0 Å². The fourth-order valence-corrected chi connectivity index (χ4v) is 3.28. The van der Waals surface area contributed by atoms with Crippen molar-refractivity contribution >= 4 is 34.7 Å². The van der Waals surface area contributed by atoms with Crippen molar-refractivity contribution in [2.45, 2.75) is 11.9 Å². The molecule has 4 nitrogen and oxygen atoms in total. The molecule has 1 aromatic carbocycles.